The SMILES string of the molecule is Cc1cncc(CN=C(N)N)c1. The topological polar surface area (TPSA) is 77.3 Å². The molecule has 12 heavy (non-hydrogen) atoms. The molecule has 1 aromatic rings. The van der Waals surface area contributed by atoms with Crippen LogP contribution in [0.3, 0.4) is 0 Å². The molecule has 0 radical (unpaired) electrons. The van der Waals surface area contributed by atoms with E-state index in [-0.39, 0.29) is 5.96 Å². The van der Waals surface area contributed by atoms with Gasteiger partial charge in [-0.05, 0) is 18.1 Å². The Morgan fingerprint density at radius 1 is 1.50 bits per heavy atom. The van der Waals surface area contributed by atoms with E-state index >= 15 is 0 Å². The minimum Gasteiger partial charge on any atom is -0.370 e. The zero-order valence-electron chi connectivity index (χ0n) is 6.99. The van der Waals surface area contributed by atoms with Crippen LogP contribution < -0.4 is 11.5 Å². The van der Waals surface area contributed by atoms with Crippen LogP contribution in [-0.4, -0.2) is 10.9 Å². The lowest BCUT2D eigenvalue weighted by Crippen LogP contribution is -2.22. The quantitative estimate of drug-likeness (QED) is 0.483. The molecule has 0 saturated carbocycles. The van der Waals surface area contributed by atoms with Crippen LogP contribution in [0.1, 0.15) is 11.1 Å². The standard InChI is InChI=1S/C8H12N4/c1-6-2-7(4-11-3-6)5-12-8(9)10/h2-4H,5H2,1H3,(H4,9,10,12). The van der Waals surface area contributed by atoms with Crippen molar-refractivity contribution in [2.75, 3.05) is 0 Å². The number of nitrogens with two attached hydrogens (primary N) is 2. The molecule has 0 fully saturated rings. The number of pyridine rings is 1. The fraction of sp³-hybridized carbons (Fsp3) is 0.250. The zero-order valence-corrected chi connectivity index (χ0v) is 6.99. The molecule has 0 aliphatic heterocycles. The summed E-state index contributed by atoms with van der Waals surface area (Å²) in [7, 11) is 0. The number of hydrogen-bond donors (Lipinski definition) is 2. The van der Waals surface area contributed by atoms with Gasteiger partial charge in [0.15, 0.2) is 5.96 Å². The summed E-state index contributed by atoms with van der Waals surface area (Å²) >= 11 is 0. The number of nitrogens with zero attached hydrogens (tertiary/aromatic N) is 2. The Morgan fingerprint density at radius 3 is 2.83 bits per heavy atom. The monoisotopic (exact) mass is 164 g/mol. The predicted octanol–water partition coefficient (Wildman–Crippen LogP) is 0.163. The minimum atomic E-state index is 0.108. The van der Waals surface area contributed by atoms with E-state index in [0.717, 1.165) is 11.1 Å². The second-order valence-electron chi connectivity index (χ2n) is 2.61. The molecule has 4 heteroatoms. The molecule has 0 aromatic carbocycles. The van der Waals surface area contributed by atoms with Gasteiger partial charge in [-0.3, -0.25) is 4.98 Å². The van der Waals surface area contributed by atoms with E-state index in [0.29, 0.717) is 6.54 Å². The zero-order chi connectivity index (χ0) is 8.97. The van der Waals surface area contributed by atoms with E-state index in [2.05, 4.69) is 9.98 Å². The van der Waals surface area contributed by atoms with Crippen molar-refractivity contribution in [3.63, 3.8) is 0 Å². The fourth-order valence-electron chi connectivity index (χ4n) is 0.887. The molecule has 1 heterocycles. The van der Waals surface area contributed by atoms with Gasteiger partial charge in [-0.25, -0.2) is 4.99 Å². The Hall–Kier alpha value is -1.58. The third kappa shape index (κ3) is 2.57. The maximum absolute atomic E-state index is 5.19. The molecule has 4 nitrogen and oxygen atoms in total. The summed E-state index contributed by atoms with van der Waals surface area (Å²) in [5, 5.41) is 0. The lowest BCUT2D eigenvalue weighted by Gasteiger charge is -1.97. The fourth-order valence-corrected chi connectivity index (χ4v) is 0.887. The highest BCUT2D eigenvalue weighted by atomic mass is 15.0. The van der Waals surface area contributed by atoms with Crippen LogP contribution in [0.5, 0.6) is 0 Å². The van der Waals surface area contributed by atoms with Crippen molar-refractivity contribution in [1.29, 1.82) is 0 Å². The molecule has 64 valence electrons. The number of aryl methyl sites for hydroxylation is 1. The number of rotatable bonds is 2. The molecule has 1 rings (SSSR count). The first kappa shape index (κ1) is 8.52. The van der Waals surface area contributed by atoms with Gasteiger partial charge in [-0.15, -0.1) is 0 Å². The maximum atomic E-state index is 5.19. The average Bonchev–Trinajstić information content (AvgIpc) is 2.01. The Kier molecular flexibility index (Phi) is 2.63. The highest BCUT2D eigenvalue weighted by molar-refractivity contribution is 5.75. The third-order valence-electron chi connectivity index (χ3n) is 1.38. The van der Waals surface area contributed by atoms with Crippen LogP contribution in [-0.2, 0) is 6.54 Å². The molecule has 0 unspecified atom stereocenters. The average molecular weight is 164 g/mol. The summed E-state index contributed by atoms with van der Waals surface area (Å²) in [5.74, 6) is 0.108. The van der Waals surface area contributed by atoms with Crippen molar-refractivity contribution < 1.29 is 0 Å². The smallest absolute Gasteiger partial charge is 0.186 e. The van der Waals surface area contributed by atoms with Gasteiger partial charge in [-0.2, -0.15) is 0 Å². The highest BCUT2D eigenvalue weighted by Gasteiger charge is 1.91. The molecule has 1 aromatic heterocycles. The number of aromatic nitrogens is 1. The van der Waals surface area contributed by atoms with Crippen molar-refractivity contribution in [3.8, 4) is 0 Å². The normalized spacial score (nSPS) is 9.42. The minimum absolute atomic E-state index is 0.108. The number of hydrogen-bond acceptors (Lipinski definition) is 2. The largest absolute Gasteiger partial charge is 0.370 e. The summed E-state index contributed by atoms with van der Waals surface area (Å²) in [5.41, 5.74) is 12.5. The van der Waals surface area contributed by atoms with Crippen LogP contribution in [0, 0.1) is 6.92 Å². The van der Waals surface area contributed by atoms with Crippen LogP contribution in [0.15, 0.2) is 23.5 Å². The lowest BCUT2D eigenvalue weighted by atomic mass is 10.2. The summed E-state index contributed by atoms with van der Waals surface area (Å²) < 4.78 is 0. The van der Waals surface area contributed by atoms with E-state index < -0.39 is 0 Å². The van der Waals surface area contributed by atoms with Crippen molar-refractivity contribution in [2.24, 2.45) is 16.5 Å². The number of guanidine groups is 1. The predicted molar refractivity (Wildman–Crippen MR) is 48.5 cm³/mol. The van der Waals surface area contributed by atoms with Gasteiger partial charge in [0.1, 0.15) is 0 Å². The second-order valence-corrected chi connectivity index (χ2v) is 2.61. The molecule has 0 aliphatic carbocycles. The van der Waals surface area contributed by atoms with Crippen molar-refractivity contribution >= 4 is 5.96 Å². The van der Waals surface area contributed by atoms with Gasteiger partial charge in [0, 0.05) is 12.4 Å². The van der Waals surface area contributed by atoms with Crippen LogP contribution in [0.25, 0.3) is 0 Å². The van der Waals surface area contributed by atoms with Gasteiger partial charge in [-0.1, -0.05) is 6.07 Å². The number of aliphatic imine (C=N–C) groups is 1. The van der Waals surface area contributed by atoms with Gasteiger partial charge in [0.25, 0.3) is 0 Å². The van der Waals surface area contributed by atoms with Crippen LogP contribution >= 0.6 is 0 Å². The molecular formula is C8H12N4. The molecule has 0 bridgehead atoms. The molecule has 0 atom stereocenters. The van der Waals surface area contributed by atoms with E-state index in [9.17, 15) is 0 Å². The molecule has 0 amide bonds. The first-order chi connectivity index (χ1) is 5.68. The first-order valence-electron chi connectivity index (χ1n) is 3.64. The van der Waals surface area contributed by atoms with Crippen molar-refractivity contribution in [2.45, 2.75) is 13.5 Å². The lowest BCUT2D eigenvalue weighted by molar-refractivity contribution is 1.03. The molecule has 0 saturated heterocycles. The molecule has 4 N–H and O–H groups in total. The van der Waals surface area contributed by atoms with Crippen LogP contribution in [0.2, 0.25) is 0 Å². The third-order valence-corrected chi connectivity index (χ3v) is 1.38. The maximum Gasteiger partial charge on any atom is 0.186 e. The van der Waals surface area contributed by atoms with Gasteiger partial charge in [0.2, 0.25) is 0 Å². The van der Waals surface area contributed by atoms with E-state index in [1.807, 2.05) is 13.0 Å². The van der Waals surface area contributed by atoms with E-state index in [4.69, 9.17) is 11.5 Å². The Morgan fingerprint density at radius 2 is 2.25 bits per heavy atom. The molecule has 0 spiro atoms. The summed E-state index contributed by atoms with van der Waals surface area (Å²) in [6.07, 6.45) is 3.54. The highest BCUT2D eigenvalue weighted by Crippen LogP contribution is 2.01. The Bertz CT molecular complexity index is 289. The Balaban J connectivity index is 2.70. The Labute approximate surface area is 71.3 Å². The summed E-state index contributed by atoms with van der Waals surface area (Å²) in [4.78, 5) is 7.88. The van der Waals surface area contributed by atoms with Gasteiger partial charge >= 0.3 is 0 Å². The molecule has 0 aliphatic rings. The van der Waals surface area contributed by atoms with E-state index in [1.54, 1.807) is 12.4 Å². The van der Waals surface area contributed by atoms with E-state index in [1.165, 1.54) is 0 Å². The summed E-state index contributed by atoms with van der Waals surface area (Å²) in [6.45, 7) is 2.48. The van der Waals surface area contributed by atoms with Gasteiger partial charge in [0.05, 0.1) is 6.54 Å². The molecular weight excluding hydrogens is 152 g/mol. The summed E-state index contributed by atoms with van der Waals surface area (Å²) in [6, 6.07) is 2.00. The van der Waals surface area contributed by atoms with Gasteiger partial charge < -0.3 is 11.5 Å². The second kappa shape index (κ2) is 3.71. The van der Waals surface area contributed by atoms with Crippen molar-refractivity contribution in [1.82, 2.24) is 4.98 Å². The van der Waals surface area contributed by atoms with Crippen LogP contribution in [0.4, 0.5) is 0 Å². The van der Waals surface area contributed by atoms with Crippen molar-refractivity contribution in [3.05, 3.63) is 29.6 Å². The first-order valence-corrected chi connectivity index (χ1v) is 3.64.